The number of hydrazine groups is 1. The van der Waals surface area contributed by atoms with E-state index < -0.39 is 12.1 Å². The molecule has 0 spiro atoms. The summed E-state index contributed by atoms with van der Waals surface area (Å²) in [7, 11) is 0. The van der Waals surface area contributed by atoms with Gasteiger partial charge in [-0.2, -0.15) is 0 Å². The van der Waals surface area contributed by atoms with E-state index in [2.05, 4.69) is 24.7 Å². The number of hydrogen-bond acceptors (Lipinski definition) is 6. The molecule has 0 aromatic carbocycles. The van der Waals surface area contributed by atoms with E-state index in [-0.39, 0.29) is 12.0 Å². The Balaban J connectivity index is 2.26. The molecule has 0 aromatic rings. The minimum atomic E-state index is -0.897. The van der Waals surface area contributed by atoms with Crippen LogP contribution in [0.2, 0.25) is 0 Å². The number of esters is 1. The van der Waals surface area contributed by atoms with Crippen LogP contribution in [0.3, 0.4) is 0 Å². The summed E-state index contributed by atoms with van der Waals surface area (Å²) in [5.74, 6) is -0.669. The summed E-state index contributed by atoms with van der Waals surface area (Å²) in [6, 6.07) is 0.743. The molecule has 0 aliphatic heterocycles. The molecule has 1 fully saturated rings. The van der Waals surface area contributed by atoms with E-state index in [4.69, 9.17) is 9.47 Å². The van der Waals surface area contributed by atoms with E-state index >= 15 is 0 Å². The summed E-state index contributed by atoms with van der Waals surface area (Å²) in [5, 5.41) is 0. The molecule has 0 aromatic heterocycles. The van der Waals surface area contributed by atoms with Gasteiger partial charge in [-0.15, -0.1) is 0 Å². The Morgan fingerprint density at radius 2 is 1.65 bits per heavy atom. The van der Waals surface area contributed by atoms with Gasteiger partial charge in [0.25, 0.3) is 0 Å². The second-order valence-electron chi connectivity index (χ2n) is 5.83. The lowest BCUT2D eigenvalue weighted by molar-refractivity contribution is -0.146. The van der Waals surface area contributed by atoms with E-state index in [0.29, 0.717) is 12.1 Å². The van der Waals surface area contributed by atoms with Gasteiger partial charge in [-0.3, -0.25) is 15.6 Å². The Kier molecular flexibility index (Phi) is 6.95. The summed E-state index contributed by atoms with van der Waals surface area (Å²) in [6.45, 7) is 7.56. The van der Waals surface area contributed by atoms with Gasteiger partial charge in [-0.1, -0.05) is 0 Å². The first-order valence-electron chi connectivity index (χ1n) is 7.31. The molecule has 0 amide bonds. The van der Waals surface area contributed by atoms with Crippen LogP contribution in [0, 0.1) is 5.92 Å². The van der Waals surface area contributed by atoms with Crippen LogP contribution < -0.4 is 10.9 Å². The molecule has 0 radical (unpaired) electrons. The summed E-state index contributed by atoms with van der Waals surface area (Å²) in [4.78, 5) is 23.1. The molecule has 0 bridgehead atoms. The quantitative estimate of drug-likeness (QED) is 0.458. The van der Waals surface area contributed by atoms with Crippen molar-refractivity contribution >= 4 is 12.1 Å². The zero-order valence-corrected chi connectivity index (χ0v) is 12.8. The molecule has 0 atom stereocenters. The van der Waals surface area contributed by atoms with Crippen LogP contribution in [0.15, 0.2) is 0 Å². The zero-order chi connectivity index (χ0) is 15.1. The molecule has 116 valence electrons. The van der Waals surface area contributed by atoms with Gasteiger partial charge in [-0.05, 0) is 53.4 Å². The lowest BCUT2D eigenvalue weighted by Gasteiger charge is -2.28. The van der Waals surface area contributed by atoms with Gasteiger partial charge in [0.1, 0.15) is 0 Å². The number of nitrogens with one attached hydrogen (secondary N) is 2. The van der Waals surface area contributed by atoms with Crippen molar-refractivity contribution in [1.82, 2.24) is 10.9 Å². The van der Waals surface area contributed by atoms with Crippen molar-refractivity contribution in [2.75, 3.05) is 0 Å². The van der Waals surface area contributed by atoms with Crippen LogP contribution in [0.1, 0.15) is 53.4 Å². The van der Waals surface area contributed by atoms with Gasteiger partial charge in [0.15, 0.2) is 0 Å². The van der Waals surface area contributed by atoms with Crippen molar-refractivity contribution in [2.45, 2.75) is 71.6 Å². The molecule has 0 saturated heterocycles. The van der Waals surface area contributed by atoms with Gasteiger partial charge < -0.3 is 9.47 Å². The van der Waals surface area contributed by atoms with Crippen molar-refractivity contribution < 1.29 is 19.1 Å². The highest BCUT2D eigenvalue weighted by Crippen LogP contribution is 2.25. The molecule has 20 heavy (non-hydrogen) atoms. The van der Waals surface area contributed by atoms with E-state index in [1.807, 2.05) is 0 Å². The normalized spacial score (nSPS) is 22.9. The summed E-state index contributed by atoms with van der Waals surface area (Å²) in [6.07, 6.45) is 2.05. The molecule has 0 heterocycles. The Morgan fingerprint density at radius 1 is 1.05 bits per heavy atom. The van der Waals surface area contributed by atoms with Crippen molar-refractivity contribution in [3.63, 3.8) is 0 Å². The molecule has 0 unspecified atom stereocenters. The van der Waals surface area contributed by atoms with Crippen LogP contribution in [-0.4, -0.2) is 30.3 Å². The molecule has 6 nitrogen and oxygen atoms in total. The number of hydrogen-bond donors (Lipinski definition) is 2. The number of ether oxygens (including phenoxy) is 2. The first-order chi connectivity index (χ1) is 9.38. The Hall–Kier alpha value is -1.14. The number of rotatable bonds is 5. The van der Waals surface area contributed by atoms with Crippen LogP contribution in [0.4, 0.5) is 4.79 Å². The average Bonchev–Trinajstić information content (AvgIpc) is 2.35. The zero-order valence-electron chi connectivity index (χ0n) is 12.8. The van der Waals surface area contributed by atoms with E-state index in [9.17, 15) is 9.59 Å². The Labute approximate surface area is 120 Å². The molecule has 1 rings (SSSR count). The maximum Gasteiger partial charge on any atom is 0.516 e. The Morgan fingerprint density at radius 3 is 2.15 bits per heavy atom. The molecule has 1 aliphatic carbocycles. The number of carbonyl (C=O) groups is 2. The molecule has 1 saturated carbocycles. The summed E-state index contributed by atoms with van der Waals surface area (Å²) in [5.41, 5.74) is 6.43. The predicted molar refractivity (Wildman–Crippen MR) is 74.9 cm³/mol. The second kappa shape index (κ2) is 8.21. The minimum absolute atomic E-state index is 0.202. The van der Waals surface area contributed by atoms with Crippen LogP contribution in [0.5, 0.6) is 0 Å². The van der Waals surface area contributed by atoms with E-state index in [1.54, 1.807) is 13.8 Å². The van der Waals surface area contributed by atoms with Crippen molar-refractivity contribution in [3.05, 3.63) is 0 Å². The van der Waals surface area contributed by atoms with Crippen molar-refractivity contribution in [2.24, 2.45) is 5.92 Å². The van der Waals surface area contributed by atoms with Crippen LogP contribution in [0.25, 0.3) is 0 Å². The van der Waals surface area contributed by atoms with Crippen LogP contribution in [-0.2, 0) is 14.3 Å². The fraction of sp³-hybridized carbons (Fsp3) is 0.857. The first kappa shape index (κ1) is 16.9. The fourth-order valence-electron chi connectivity index (χ4n) is 2.14. The third-order valence-corrected chi connectivity index (χ3v) is 3.15. The standard InChI is InChI=1S/C14H26N2O4/c1-9(2)15-16-12-7-5-11(6-8-12)13(17)20-14(18)19-10(3)4/h9-12,15-16H,5-8H2,1-4H3. The third kappa shape index (κ3) is 6.34. The first-order valence-corrected chi connectivity index (χ1v) is 7.31. The van der Waals surface area contributed by atoms with Gasteiger partial charge in [0.2, 0.25) is 0 Å². The summed E-state index contributed by atoms with van der Waals surface area (Å²) < 4.78 is 9.49. The van der Waals surface area contributed by atoms with Crippen molar-refractivity contribution in [1.29, 1.82) is 0 Å². The van der Waals surface area contributed by atoms with Crippen molar-refractivity contribution in [3.8, 4) is 0 Å². The third-order valence-electron chi connectivity index (χ3n) is 3.15. The smallest absolute Gasteiger partial charge is 0.431 e. The van der Waals surface area contributed by atoms with Crippen LogP contribution >= 0.6 is 0 Å². The summed E-state index contributed by atoms with van der Waals surface area (Å²) >= 11 is 0. The molecule has 6 heteroatoms. The van der Waals surface area contributed by atoms with Gasteiger partial charge in [-0.25, -0.2) is 4.79 Å². The monoisotopic (exact) mass is 286 g/mol. The maximum atomic E-state index is 11.8. The minimum Gasteiger partial charge on any atom is -0.431 e. The molecule has 1 aliphatic rings. The van der Waals surface area contributed by atoms with Gasteiger partial charge >= 0.3 is 12.1 Å². The maximum absolute atomic E-state index is 11.8. The van der Waals surface area contributed by atoms with E-state index in [1.165, 1.54) is 0 Å². The lowest BCUT2D eigenvalue weighted by Crippen LogP contribution is -2.46. The molecule has 2 N–H and O–H groups in total. The van der Waals surface area contributed by atoms with E-state index in [0.717, 1.165) is 25.7 Å². The Bertz CT molecular complexity index is 323. The van der Waals surface area contributed by atoms with Gasteiger partial charge in [0.05, 0.1) is 12.0 Å². The topological polar surface area (TPSA) is 76.7 Å². The SMILES string of the molecule is CC(C)NNC1CCC(C(=O)OC(=O)OC(C)C)CC1. The van der Waals surface area contributed by atoms with Gasteiger partial charge in [0, 0.05) is 12.1 Å². The molecular weight excluding hydrogens is 260 g/mol. The number of carbonyl (C=O) groups excluding carboxylic acids is 2. The second-order valence-corrected chi connectivity index (χ2v) is 5.83. The highest BCUT2D eigenvalue weighted by Gasteiger charge is 2.29. The fourth-order valence-corrected chi connectivity index (χ4v) is 2.14. The molecular formula is C14H26N2O4. The predicted octanol–water partition coefficient (Wildman–Crippen LogP) is 2.14. The average molecular weight is 286 g/mol. The highest BCUT2D eigenvalue weighted by atomic mass is 16.7. The largest absolute Gasteiger partial charge is 0.516 e. The highest BCUT2D eigenvalue weighted by molar-refractivity contribution is 5.83. The lowest BCUT2D eigenvalue weighted by atomic mass is 9.86.